The molecular formula is C55H106O6. The van der Waals surface area contributed by atoms with Crippen LogP contribution in [0.2, 0.25) is 0 Å². The van der Waals surface area contributed by atoms with Gasteiger partial charge in [0.25, 0.3) is 0 Å². The molecular weight excluding hydrogens is 757 g/mol. The Hall–Kier alpha value is -1.59. The lowest BCUT2D eigenvalue weighted by atomic mass is 10.0. The number of ether oxygens (including phenoxy) is 3. The number of carbonyl (C=O) groups is 3. The van der Waals surface area contributed by atoms with Gasteiger partial charge in [-0.15, -0.1) is 0 Å². The molecule has 0 bridgehead atoms. The van der Waals surface area contributed by atoms with Crippen LogP contribution in [0.4, 0.5) is 0 Å². The fourth-order valence-electron chi connectivity index (χ4n) is 8.39. The average molecular weight is 863 g/mol. The molecule has 0 aliphatic carbocycles. The smallest absolute Gasteiger partial charge is 0.306 e. The van der Waals surface area contributed by atoms with Crippen molar-refractivity contribution in [2.75, 3.05) is 13.2 Å². The van der Waals surface area contributed by atoms with Crippen LogP contribution in [0.25, 0.3) is 0 Å². The molecule has 0 spiro atoms. The van der Waals surface area contributed by atoms with Gasteiger partial charge in [0.05, 0.1) is 0 Å². The van der Waals surface area contributed by atoms with Crippen LogP contribution < -0.4 is 0 Å². The van der Waals surface area contributed by atoms with Gasteiger partial charge < -0.3 is 14.2 Å². The zero-order valence-corrected chi connectivity index (χ0v) is 41.6. The highest BCUT2D eigenvalue weighted by atomic mass is 16.6. The first-order valence-corrected chi connectivity index (χ1v) is 27.4. The van der Waals surface area contributed by atoms with Gasteiger partial charge in [-0.2, -0.15) is 0 Å². The van der Waals surface area contributed by atoms with Crippen LogP contribution in [0.3, 0.4) is 0 Å². The van der Waals surface area contributed by atoms with Crippen molar-refractivity contribution < 1.29 is 28.6 Å². The highest BCUT2D eigenvalue weighted by molar-refractivity contribution is 5.71. The average Bonchev–Trinajstić information content (AvgIpc) is 3.24. The molecule has 0 fully saturated rings. The van der Waals surface area contributed by atoms with Crippen LogP contribution in [0.15, 0.2) is 0 Å². The summed E-state index contributed by atoms with van der Waals surface area (Å²) >= 11 is 0. The Morgan fingerprint density at radius 1 is 0.311 bits per heavy atom. The summed E-state index contributed by atoms with van der Waals surface area (Å²) in [6.07, 6.45) is 52.3. The minimum absolute atomic E-state index is 0.0624. The maximum atomic E-state index is 12.8. The molecule has 0 N–H and O–H groups in total. The predicted octanol–water partition coefficient (Wildman–Crippen LogP) is 17.8. The van der Waals surface area contributed by atoms with Gasteiger partial charge in [0.15, 0.2) is 6.10 Å². The molecule has 0 saturated heterocycles. The van der Waals surface area contributed by atoms with Crippen molar-refractivity contribution in [3.63, 3.8) is 0 Å². The van der Waals surface area contributed by atoms with Crippen LogP contribution >= 0.6 is 0 Å². The summed E-state index contributed by atoms with van der Waals surface area (Å²) in [5, 5.41) is 0. The fraction of sp³-hybridized carbons (Fsp3) is 0.945. The number of hydrogen-bond acceptors (Lipinski definition) is 6. The molecule has 6 nitrogen and oxygen atoms in total. The summed E-state index contributed by atoms with van der Waals surface area (Å²) < 4.78 is 16.8. The molecule has 0 heterocycles. The molecule has 0 aromatic heterocycles. The molecule has 0 radical (unpaired) electrons. The van der Waals surface area contributed by atoms with Crippen LogP contribution in [0.5, 0.6) is 0 Å². The van der Waals surface area contributed by atoms with Gasteiger partial charge in [0, 0.05) is 19.3 Å². The van der Waals surface area contributed by atoms with Crippen LogP contribution in [0, 0.1) is 5.92 Å². The summed E-state index contributed by atoms with van der Waals surface area (Å²) in [5.74, 6) is -0.0146. The quantitative estimate of drug-likeness (QED) is 0.0344. The van der Waals surface area contributed by atoms with E-state index in [2.05, 4.69) is 27.7 Å². The zero-order valence-electron chi connectivity index (χ0n) is 41.6. The molecule has 0 aromatic carbocycles. The van der Waals surface area contributed by atoms with Crippen LogP contribution in [-0.2, 0) is 28.6 Å². The number of unbranched alkanes of at least 4 members (excludes halogenated alkanes) is 37. The third kappa shape index (κ3) is 49.3. The van der Waals surface area contributed by atoms with Gasteiger partial charge in [0.1, 0.15) is 13.2 Å². The van der Waals surface area contributed by atoms with E-state index in [1.807, 2.05) is 0 Å². The molecule has 0 unspecified atom stereocenters. The van der Waals surface area contributed by atoms with Gasteiger partial charge in [-0.05, 0) is 25.2 Å². The maximum Gasteiger partial charge on any atom is 0.306 e. The van der Waals surface area contributed by atoms with Crippen molar-refractivity contribution in [1.82, 2.24) is 0 Å². The summed E-state index contributed by atoms with van der Waals surface area (Å²) in [4.78, 5) is 38.0. The third-order valence-corrected chi connectivity index (χ3v) is 12.5. The van der Waals surface area contributed by atoms with Gasteiger partial charge in [-0.1, -0.05) is 272 Å². The Balaban J connectivity index is 4.25. The second-order valence-corrected chi connectivity index (χ2v) is 19.3. The van der Waals surface area contributed by atoms with E-state index in [0.717, 1.165) is 63.7 Å². The first kappa shape index (κ1) is 59.4. The summed E-state index contributed by atoms with van der Waals surface area (Å²) in [6.45, 7) is 9.03. The molecule has 61 heavy (non-hydrogen) atoms. The van der Waals surface area contributed by atoms with Crippen molar-refractivity contribution in [3.8, 4) is 0 Å². The highest BCUT2D eigenvalue weighted by Crippen LogP contribution is 2.17. The van der Waals surface area contributed by atoms with Gasteiger partial charge >= 0.3 is 17.9 Å². The number of rotatable bonds is 50. The normalized spacial score (nSPS) is 12.0. The van der Waals surface area contributed by atoms with Gasteiger partial charge in [0.2, 0.25) is 0 Å². The molecule has 0 amide bonds. The van der Waals surface area contributed by atoms with Crippen LogP contribution in [-0.4, -0.2) is 37.2 Å². The van der Waals surface area contributed by atoms with Crippen molar-refractivity contribution in [3.05, 3.63) is 0 Å². The topological polar surface area (TPSA) is 78.9 Å². The Morgan fingerprint density at radius 3 is 0.803 bits per heavy atom. The van der Waals surface area contributed by atoms with E-state index >= 15 is 0 Å². The molecule has 0 saturated carbocycles. The monoisotopic (exact) mass is 863 g/mol. The minimum atomic E-state index is -0.761. The Kier molecular flexibility index (Phi) is 48.1. The Bertz CT molecular complexity index is 918. The lowest BCUT2D eigenvalue weighted by molar-refractivity contribution is -0.167. The SMILES string of the molecule is CCCCCCCCCCCCCCCCCCCCC(=O)OC[C@H](COC(=O)CCCCCCCCCCCCCC(C)C)OC(=O)CCCCCCCCCCCCC. The Morgan fingerprint density at radius 2 is 0.541 bits per heavy atom. The third-order valence-electron chi connectivity index (χ3n) is 12.5. The molecule has 1 atom stereocenters. The first-order chi connectivity index (χ1) is 29.9. The standard InChI is InChI=1S/C55H106O6/c1-5-7-9-11-13-15-17-18-19-20-21-22-23-27-30-34-38-42-46-53(56)59-49-52(61-55(58)48-44-40-36-32-25-16-14-12-10-8-6-2)50-60-54(57)47-43-39-35-31-28-24-26-29-33-37-41-45-51(3)4/h51-52H,5-50H2,1-4H3/t52-/m1/s1. The summed E-state index contributed by atoms with van der Waals surface area (Å²) in [7, 11) is 0. The molecule has 0 aromatic rings. The van der Waals surface area contributed by atoms with Crippen molar-refractivity contribution >= 4 is 17.9 Å². The summed E-state index contributed by atoms with van der Waals surface area (Å²) in [5.41, 5.74) is 0. The lowest BCUT2D eigenvalue weighted by Crippen LogP contribution is -2.30. The van der Waals surface area contributed by atoms with E-state index in [-0.39, 0.29) is 31.1 Å². The summed E-state index contributed by atoms with van der Waals surface area (Å²) in [6, 6.07) is 0. The predicted molar refractivity (Wildman–Crippen MR) is 261 cm³/mol. The van der Waals surface area contributed by atoms with E-state index in [1.165, 1.54) is 205 Å². The first-order valence-electron chi connectivity index (χ1n) is 27.4. The number of carbonyl (C=O) groups excluding carboxylic acids is 3. The van der Waals surface area contributed by atoms with E-state index in [4.69, 9.17) is 14.2 Å². The van der Waals surface area contributed by atoms with Gasteiger partial charge in [-0.3, -0.25) is 14.4 Å². The maximum absolute atomic E-state index is 12.8. The molecule has 0 rings (SSSR count). The molecule has 362 valence electrons. The van der Waals surface area contributed by atoms with Gasteiger partial charge in [-0.25, -0.2) is 0 Å². The van der Waals surface area contributed by atoms with Crippen molar-refractivity contribution in [1.29, 1.82) is 0 Å². The van der Waals surface area contributed by atoms with E-state index in [9.17, 15) is 14.4 Å². The van der Waals surface area contributed by atoms with Crippen LogP contribution in [0.1, 0.15) is 310 Å². The highest BCUT2D eigenvalue weighted by Gasteiger charge is 2.19. The lowest BCUT2D eigenvalue weighted by Gasteiger charge is -2.18. The number of hydrogen-bond donors (Lipinski definition) is 0. The van der Waals surface area contributed by atoms with Crippen molar-refractivity contribution in [2.24, 2.45) is 5.92 Å². The minimum Gasteiger partial charge on any atom is -0.462 e. The second kappa shape index (κ2) is 49.4. The molecule has 6 heteroatoms. The molecule has 0 aliphatic rings. The Labute approximate surface area is 380 Å². The van der Waals surface area contributed by atoms with Crippen molar-refractivity contribution in [2.45, 2.75) is 316 Å². The second-order valence-electron chi connectivity index (χ2n) is 19.3. The number of esters is 3. The molecule has 0 aliphatic heterocycles. The van der Waals surface area contributed by atoms with E-state index < -0.39 is 6.10 Å². The largest absolute Gasteiger partial charge is 0.462 e. The van der Waals surface area contributed by atoms with E-state index in [0.29, 0.717) is 19.3 Å². The zero-order chi connectivity index (χ0) is 44.5. The fourth-order valence-corrected chi connectivity index (χ4v) is 8.39. The van der Waals surface area contributed by atoms with E-state index in [1.54, 1.807) is 0 Å².